The first-order chi connectivity index (χ1) is 7.86. The molecule has 3 atom stereocenters. The van der Waals surface area contributed by atoms with E-state index in [-0.39, 0.29) is 0 Å². The zero-order valence-corrected chi connectivity index (χ0v) is 10.9. The smallest absolute Gasteiger partial charge is 0.188 e. The topological polar surface area (TPSA) is 17.1 Å². The molecule has 0 N–H and O–H groups in total. The van der Waals surface area contributed by atoms with Crippen LogP contribution in [0.25, 0.3) is 0 Å². The average Bonchev–Trinajstić information content (AvgIpc) is 2.83. The van der Waals surface area contributed by atoms with Gasteiger partial charge >= 0.3 is 0 Å². The molecule has 0 spiro atoms. The van der Waals surface area contributed by atoms with Gasteiger partial charge in [0.2, 0.25) is 0 Å². The predicted molar refractivity (Wildman–Crippen MR) is 69.8 cm³/mol. The average molecular weight is 239 g/mol. The number of fused-ring (bicyclic) bond motifs is 1. The third-order valence-electron chi connectivity index (χ3n) is 4.86. The maximum atomic E-state index is 12.6. The highest BCUT2D eigenvalue weighted by atomic mass is 32.2. The van der Waals surface area contributed by atoms with Crippen molar-refractivity contribution < 1.29 is 4.79 Å². The van der Waals surface area contributed by atoms with Crippen LogP contribution in [0, 0.1) is 11.8 Å². The van der Waals surface area contributed by atoms with Crippen LogP contribution in [0.2, 0.25) is 0 Å². The van der Waals surface area contributed by atoms with Gasteiger partial charge in [-0.2, -0.15) is 0 Å². The van der Waals surface area contributed by atoms with E-state index in [1.807, 2.05) is 0 Å². The standard InChI is InChI=1S/C14H23OS/c15-14-12-6-2-1-5-11(12)7-8-13(14)16-9-3-4-10-16/h11-13H,1-10H2/q+1. The van der Waals surface area contributed by atoms with Crippen molar-refractivity contribution in [3.63, 3.8) is 0 Å². The molecule has 3 rings (SSSR count). The Balaban J connectivity index is 1.70. The predicted octanol–water partition coefficient (Wildman–Crippen LogP) is 2.94. The summed E-state index contributed by atoms with van der Waals surface area (Å²) in [5, 5.41) is 0.502. The van der Waals surface area contributed by atoms with Crippen LogP contribution < -0.4 is 0 Å². The fraction of sp³-hybridized carbons (Fsp3) is 0.929. The number of carbonyl (C=O) groups excluding carboxylic acids is 1. The van der Waals surface area contributed by atoms with Gasteiger partial charge in [-0.1, -0.05) is 12.8 Å². The van der Waals surface area contributed by atoms with Crippen molar-refractivity contribution in [3.8, 4) is 0 Å². The second kappa shape index (κ2) is 4.72. The Morgan fingerprint density at radius 1 is 0.875 bits per heavy atom. The first kappa shape index (κ1) is 11.1. The Hall–Kier alpha value is 0.0200. The minimum Gasteiger partial charge on any atom is -0.294 e. The van der Waals surface area contributed by atoms with E-state index in [2.05, 4.69) is 0 Å². The summed E-state index contributed by atoms with van der Waals surface area (Å²) < 4.78 is 0. The minimum atomic E-state index is 0.487. The van der Waals surface area contributed by atoms with Crippen molar-refractivity contribution in [2.24, 2.45) is 11.8 Å². The fourth-order valence-corrected chi connectivity index (χ4v) is 6.86. The van der Waals surface area contributed by atoms with Gasteiger partial charge in [0.1, 0.15) is 11.5 Å². The highest BCUT2D eigenvalue weighted by Crippen LogP contribution is 2.41. The SMILES string of the molecule is O=C1C2CCCCC2CCC1[S+]1CCCC1. The first-order valence-electron chi connectivity index (χ1n) is 7.06. The van der Waals surface area contributed by atoms with Crippen LogP contribution in [-0.2, 0) is 15.7 Å². The lowest BCUT2D eigenvalue weighted by atomic mass is 9.70. The van der Waals surface area contributed by atoms with E-state index >= 15 is 0 Å². The zero-order chi connectivity index (χ0) is 11.0. The molecule has 3 aliphatic rings. The molecule has 90 valence electrons. The quantitative estimate of drug-likeness (QED) is 0.643. The summed E-state index contributed by atoms with van der Waals surface area (Å²) in [7, 11) is 0.492. The molecular formula is C14H23OS+. The van der Waals surface area contributed by atoms with Gasteiger partial charge in [0.05, 0.1) is 0 Å². The lowest BCUT2D eigenvalue weighted by Gasteiger charge is -2.36. The molecule has 1 aliphatic heterocycles. The van der Waals surface area contributed by atoms with E-state index in [0.29, 0.717) is 27.8 Å². The summed E-state index contributed by atoms with van der Waals surface area (Å²) in [6, 6.07) is 0. The lowest BCUT2D eigenvalue weighted by Crippen LogP contribution is -2.44. The Labute approximate surface area is 102 Å². The summed E-state index contributed by atoms with van der Waals surface area (Å²) >= 11 is 0. The van der Waals surface area contributed by atoms with Crippen molar-refractivity contribution in [1.29, 1.82) is 0 Å². The molecule has 1 nitrogen and oxygen atoms in total. The van der Waals surface area contributed by atoms with Crippen molar-refractivity contribution >= 4 is 16.7 Å². The van der Waals surface area contributed by atoms with Gasteiger partial charge in [0.15, 0.2) is 11.0 Å². The van der Waals surface area contributed by atoms with Gasteiger partial charge in [0, 0.05) is 12.3 Å². The van der Waals surface area contributed by atoms with Crippen LogP contribution >= 0.6 is 0 Å². The number of ketones is 1. The van der Waals surface area contributed by atoms with Crippen LogP contribution in [-0.4, -0.2) is 22.5 Å². The van der Waals surface area contributed by atoms with Gasteiger partial charge in [-0.25, -0.2) is 0 Å². The highest BCUT2D eigenvalue weighted by Gasteiger charge is 2.47. The molecule has 0 aromatic heterocycles. The molecule has 0 aromatic rings. The third-order valence-corrected chi connectivity index (χ3v) is 7.76. The van der Waals surface area contributed by atoms with E-state index in [9.17, 15) is 4.79 Å². The summed E-state index contributed by atoms with van der Waals surface area (Å²) in [6.45, 7) is 0. The molecule has 0 amide bonds. The van der Waals surface area contributed by atoms with Gasteiger partial charge in [-0.15, -0.1) is 0 Å². The molecule has 3 fully saturated rings. The second-order valence-corrected chi connectivity index (χ2v) is 8.23. The number of hydrogen-bond donors (Lipinski definition) is 0. The van der Waals surface area contributed by atoms with Gasteiger partial charge < -0.3 is 0 Å². The molecule has 0 bridgehead atoms. The minimum absolute atomic E-state index is 0.487. The zero-order valence-electron chi connectivity index (χ0n) is 10.1. The van der Waals surface area contributed by atoms with E-state index in [1.165, 1.54) is 62.9 Å². The summed E-state index contributed by atoms with van der Waals surface area (Å²) in [5.74, 6) is 4.70. The molecule has 0 aromatic carbocycles. The van der Waals surface area contributed by atoms with Crippen molar-refractivity contribution in [3.05, 3.63) is 0 Å². The second-order valence-electron chi connectivity index (χ2n) is 5.77. The third kappa shape index (κ3) is 1.94. The molecular weight excluding hydrogens is 216 g/mol. The van der Waals surface area contributed by atoms with Crippen molar-refractivity contribution in [1.82, 2.24) is 0 Å². The summed E-state index contributed by atoms with van der Waals surface area (Å²) in [6.07, 6.45) is 10.6. The van der Waals surface area contributed by atoms with Crippen LogP contribution in [0.3, 0.4) is 0 Å². The van der Waals surface area contributed by atoms with Crippen LogP contribution in [0.1, 0.15) is 51.4 Å². The summed E-state index contributed by atoms with van der Waals surface area (Å²) in [4.78, 5) is 12.6. The first-order valence-corrected chi connectivity index (χ1v) is 8.69. The number of Topliss-reactive ketones (excluding diaryl/α,β-unsaturated/α-hetero) is 1. The fourth-order valence-electron chi connectivity index (χ4n) is 3.97. The van der Waals surface area contributed by atoms with Gasteiger partial charge in [0.25, 0.3) is 0 Å². The van der Waals surface area contributed by atoms with E-state index < -0.39 is 0 Å². The van der Waals surface area contributed by atoms with Crippen molar-refractivity contribution in [2.45, 2.75) is 56.6 Å². The molecule has 1 saturated heterocycles. The van der Waals surface area contributed by atoms with Crippen LogP contribution in [0.4, 0.5) is 0 Å². The monoisotopic (exact) mass is 239 g/mol. The normalized spacial score (nSPS) is 41.0. The Morgan fingerprint density at radius 2 is 1.62 bits per heavy atom. The van der Waals surface area contributed by atoms with E-state index in [4.69, 9.17) is 0 Å². The maximum absolute atomic E-state index is 12.6. The van der Waals surface area contributed by atoms with E-state index in [0.717, 1.165) is 5.92 Å². The Morgan fingerprint density at radius 3 is 2.44 bits per heavy atom. The Kier molecular flexibility index (Phi) is 3.28. The molecule has 3 unspecified atom stereocenters. The largest absolute Gasteiger partial charge is 0.294 e. The van der Waals surface area contributed by atoms with Gasteiger partial charge in [-0.3, -0.25) is 4.79 Å². The Bertz CT molecular complexity index is 270. The molecule has 2 saturated carbocycles. The molecule has 2 heteroatoms. The number of hydrogen-bond acceptors (Lipinski definition) is 1. The molecule has 0 radical (unpaired) electrons. The van der Waals surface area contributed by atoms with Crippen molar-refractivity contribution in [2.75, 3.05) is 11.5 Å². The lowest BCUT2D eigenvalue weighted by molar-refractivity contribution is -0.127. The molecule has 1 heterocycles. The highest BCUT2D eigenvalue weighted by molar-refractivity contribution is 7.98. The molecule has 16 heavy (non-hydrogen) atoms. The van der Waals surface area contributed by atoms with Gasteiger partial charge in [-0.05, 0) is 48.9 Å². The van der Waals surface area contributed by atoms with E-state index in [1.54, 1.807) is 0 Å². The maximum Gasteiger partial charge on any atom is 0.188 e. The molecule has 2 aliphatic carbocycles. The number of rotatable bonds is 1. The van der Waals surface area contributed by atoms with Crippen LogP contribution in [0.5, 0.6) is 0 Å². The van der Waals surface area contributed by atoms with Crippen LogP contribution in [0.15, 0.2) is 0 Å². The summed E-state index contributed by atoms with van der Waals surface area (Å²) in [5.41, 5.74) is 0. The number of carbonyl (C=O) groups is 1.